The molecule has 28 heavy (non-hydrogen) atoms. The summed E-state index contributed by atoms with van der Waals surface area (Å²) >= 11 is 1.54. The molecule has 2 aromatic heterocycles. The second-order valence-electron chi connectivity index (χ2n) is 7.33. The number of amides is 1. The van der Waals surface area contributed by atoms with Gasteiger partial charge in [-0.1, -0.05) is 44.1 Å². The zero-order chi connectivity index (χ0) is 20.1. The van der Waals surface area contributed by atoms with Crippen molar-refractivity contribution in [1.29, 1.82) is 0 Å². The number of rotatable bonds is 6. The van der Waals surface area contributed by atoms with Crippen LogP contribution in [0.3, 0.4) is 0 Å². The first-order valence-corrected chi connectivity index (χ1v) is 9.75. The highest BCUT2D eigenvalue weighted by atomic mass is 32.1. The highest BCUT2D eigenvalue weighted by molar-refractivity contribution is 7.13. The fraction of sp³-hybridized carbons (Fsp3) is 0.286. The lowest BCUT2D eigenvalue weighted by atomic mass is 9.87. The minimum absolute atomic E-state index is 0.0101. The zero-order valence-electron chi connectivity index (χ0n) is 16.0. The minimum Gasteiger partial charge on any atom is -0.458 e. The SMILES string of the molecule is CC(C)(C)c1ccc(C(=O)NCC(=O)OCc2cc(-c3cccs3)on2)cc1. The maximum absolute atomic E-state index is 12.2. The van der Waals surface area contributed by atoms with Crippen molar-refractivity contribution < 1.29 is 18.8 Å². The molecule has 2 heterocycles. The van der Waals surface area contributed by atoms with E-state index in [0.29, 0.717) is 17.0 Å². The number of esters is 1. The molecule has 6 nitrogen and oxygen atoms in total. The minimum atomic E-state index is -0.541. The third kappa shape index (κ3) is 5.07. The fourth-order valence-corrected chi connectivity index (χ4v) is 3.17. The van der Waals surface area contributed by atoms with E-state index in [4.69, 9.17) is 9.26 Å². The molecule has 3 aromatic rings. The van der Waals surface area contributed by atoms with E-state index in [1.54, 1.807) is 18.2 Å². The fourth-order valence-electron chi connectivity index (χ4n) is 2.50. The van der Waals surface area contributed by atoms with Crippen molar-refractivity contribution >= 4 is 23.2 Å². The molecule has 1 aromatic carbocycles. The van der Waals surface area contributed by atoms with Gasteiger partial charge < -0.3 is 14.6 Å². The van der Waals surface area contributed by atoms with Crippen LogP contribution < -0.4 is 5.32 Å². The van der Waals surface area contributed by atoms with Gasteiger partial charge in [0.05, 0.1) is 4.88 Å². The van der Waals surface area contributed by atoms with Gasteiger partial charge in [0.25, 0.3) is 5.91 Å². The van der Waals surface area contributed by atoms with Gasteiger partial charge in [-0.2, -0.15) is 0 Å². The van der Waals surface area contributed by atoms with Crippen LogP contribution in [0.2, 0.25) is 0 Å². The normalized spacial score (nSPS) is 11.2. The lowest BCUT2D eigenvalue weighted by molar-refractivity contribution is -0.143. The van der Waals surface area contributed by atoms with Crippen LogP contribution in [0, 0.1) is 0 Å². The number of ether oxygens (including phenoxy) is 1. The van der Waals surface area contributed by atoms with Gasteiger partial charge in [0.15, 0.2) is 5.76 Å². The average Bonchev–Trinajstić information content (AvgIpc) is 3.35. The number of hydrogen-bond donors (Lipinski definition) is 1. The number of hydrogen-bond acceptors (Lipinski definition) is 6. The molecule has 0 spiro atoms. The third-order valence-corrected chi connectivity index (χ3v) is 4.99. The molecule has 0 aliphatic heterocycles. The molecule has 146 valence electrons. The molecule has 0 radical (unpaired) electrons. The summed E-state index contributed by atoms with van der Waals surface area (Å²) in [5.41, 5.74) is 2.17. The molecular weight excluding hydrogens is 376 g/mol. The Labute approximate surface area is 167 Å². The van der Waals surface area contributed by atoms with Crippen LogP contribution in [0.4, 0.5) is 0 Å². The van der Waals surface area contributed by atoms with Crippen LogP contribution in [0.25, 0.3) is 10.6 Å². The molecular formula is C21H22N2O4S. The Kier molecular flexibility index (Phi) is 5.94. The van der Waals surface area contributed by atoms with Crippen molar-refractivity contribution in [3.05, 3.63) is 64.7 Å². The standard InChI is InChI=1S/C21H22N2O4S/c1-21(2,3)15-8-6-14(7-9-15)20(25)22-12-19(24)26-13-16-11-17(27-23-16)18-5-4-10-28-18/h4-11H,12-13H2,1-3H3,(H,22,25). The molecule has 3 rings (SSSR count). The van der Waals surface area contributed by atoms with E-state index in [0.717, 1.165) is 10.4 Å². The Balaban J connectivity index is 1.46. The van der Waals surface area contributed by atoms with Crippen molar-refractivity contribution in [2.45, 2.75) is 32.8 Å². The summed E-state index contributed by atoms with van der Waals surface area (Å²) in [5, 5.41) is 8.39. The Morgan fingerprint density at radius 1 is 1.18 bits per heavy atom. The second-order valence-corrected chi connectivity index (χ2v) is 8.28. The maximum atomic E-state index is 12.2. The first-order valence-electron chi connectivity index (χ1n) is 8.87. The second kappa shape index (κ2) is 8.39. The van der Waals surface area contributed by atoms with E-state index < -0.39 is 5.97 Å². The Hall–Kier alpha value is -2.93. The third-order valence-electron chi connectivity index (χ3n) is 4.11. The summed E-state index contributed by atoms with van der Waals surface area (Å²) in [4.78, 5) is 25.0. The van der Waals surface area contributed by atoms with E-state index in [-0.39, 0.29) is 24.5 Å². The molecule has 0 unspecified atom stereocenters. The molecule has 0 fully saturated rings. The van der Waals surface area contributed by atoms with Crippen LogP contribution in [0.15, 0.2) is 52.4 Å². The summed E-state index contributed by atoms with van der Waals surface area (Å²) in [7, 11) is 0. The van der Waals surface area contributed by atoms with Crippen LogP contribution in [0.1, 0.15) is 42.4 Å². The van der Waals surface area contributed by atoms with Gasteiger partial charge in [-0.05, 0) is 34.6 Å². The van der Waals surface area contributed by atoms with Gasteiger partial charge in [-0.15, -0.1) is 11.3 Å². The molecule has 0 aliphatic carbocycles. The maximum Gasteiger partial charge on any atom is 0.325 e. The number of carbonyl (C=O) groups excluding carboxylic acids is 2. The van der Waals surface area contributed by atoms with E-state index in [1.165, 1.54) is 11.3 Å². The van der Waals surface area contributed by atoms with Crippen LogP contribution in [0.5, 0.6) is 0 Å². The number of carbonyl (C=O) groups is 2. The topological polar surface area (TPSA) is 81.4 Å². The molecule has 0 atom stereocenters. The van der Waals surface area contributed by atoms with Crippen molar-refractivity contribution in [1.82, 2.24) is 10.5 Å². The molecule has 0 saturated heterocycles. The van der Waals surface area contributed by atoms with Crippen LogP contribution in [-0.2, 0) is 21.6 Å². The van der Waals surface area contributed by atoms with E-state index in [1.807, 2.05) is 29.6 Å². The summed E-state index contributed by atoms with van der Waals surface area (Å²) in [6, 6.07) is 12.9. The average molecular weight is 398 g/mol. The summed E-state index contributed by atoms with van der Waals surface area (Å²) in [5.74, 6) is -0.229. The number of aromatic nitrogens is 1. The van der Waals surface area contributed by atoms with Crippen molar-refractivity contribution in [2.24, 2.45) is 0 Å². The van der Waals surface area contributed by atoms with Crippen molar-refractivity contribution in [2.75, 3.05) is 6.54 Å². The summed E-state index contributed by atoms with van der Waals surface area (Å²) < 4.78 is 10.4. The Morgan fingerprint density at radius 2 is 1.93 bits per heavy atom. The van der Waals surface area contributed by atoms with Crippen molar-refractivity contribution in [3.63, 3.8) is 0 Å². The largest absolute Gasteiger partial charge is 0.458 e. The lowest BCUT2D eigenvalue weighted by Crippen LogP contribution is -2.30. The zero-order valence-corrected chi connectivity index (χ0v) is 16.8. The predicted octanol–water partition coefficient (Wildman–Crippen LogP) is 4.17. The van der Waals surface area contributed by atoms with E-state index >= 15 is 0 Å². The van der Waals surface area contributed by atoms with Gasteiger partial charge in [-0.3, -0.25) is 9.59 Å². The highest BCUT2D eigenvalue weighted by Gasteiger charge is 2.15. The van der Waals surface area contributed by atoms with Crippen molar-refractivity contribution in [3.8, 4) is 10.6 Å². The first kappa shape index (κ1) is 19.8. The summed E-state index contributed by atoms with van der Waals surface area (Å²) in [6.07, 6.45) is 0. The quantitative estimate of drug-likeness (QED) is 0.630. The van der Waals surface area contributed by atoms with Crippen LogP contribution >= 0.6 is 11.3 Å². The Bertz CT molecular complexity index is 938. The molecule has 7 heteroatoms. The van der Waals surface area contributed by atoms with Crippen LogP contribution in [-0.4, -0.2) is 23.6 Å². The molecule has 1 N–H and O–H groups in total. The van der Waals surface area contributed by atoms with Gasteiger partial charge >= 0.3 is 5.97 Å². The number of nitrogens with zero attached hydrogens (tertiary/aromatic N) is 1. The summed E-state index contributed by atoms with van der Waals surface area (Å²) in [6.45, 7) is 6.10. The van der Waals surface area contributed by atoms with E-state index in [9.17, 15) is 9.59 Å². The number of nitrogens with one attached hydrogen (secondary N) is 1. The number of thiophene rings is 1. The monoisotopic (exact) mass is 398 g/mol. The number of benzene rings is 1. The molecule has 0 saturated carbocycles. The van der Waals surface area contributed by atoms with Gasteiger partial charge in [-0.25, -0.2) is 0 Å². The van der Waals surface area contributed by atoms with Gasteiger partial charge in [0, 0.05) is 11.6 Å². The first-order chi connectivity index (χ1) is 13.3. The molecule has 1 amide bonds. The molecule has 0 bridgehead atoms. The van der Waals surface area contributed by atoms with E-state index in [2.05, 4.69) is 31.2 Å². The molecule has 0 aliphatic rings. The Morgan fingerprint density at radius 3 is 2.57 bits per heavy atom. The van der Waals surface area contributed by atoms with Gasteiger partial charge in [0.1, 0.15) is 18.8 Å². The highest BCUT2D eigenvalue weighted by Crippen LogP contribution is 2.25. The van der Waals surface area contributed by atoms with Gasteiger partial charge in [0.2, 0.25) is 0 Å². The lowest BCUT2D eigenvalue weighted by Gasteiger charge is -2.19. The predicted molar refractivity (Wildman–Crippen MR) is 107 cm³/mol. The smallest absolute Gasteiger partial charge is 0.325 e.